The Morgan fingerprint density at radius 2 is 1.89 bits per heavy atom. The Kier molecular flexibility index (Phi) is 6.13. The lowest BCUT2D eigenvalue weighted by Gasteiger charge is -2.12. The lowest BCUT2D eigenvalue weighted by molar-refractivity contribution is 0.104. The number of nitrogens with one attached hydrogen (secondary N) is 2. The largest absolute Gasteiger partial charge is 0.383 e. The number of nitrogen functional groups attached to an aromatic ring is 1. The van der Waals surface area contributed by atoms with E-state index in [0.717, 1.165) is 25.7 Å². The van der Waals surface area contributed by atoms with Gasteiger partial charge < -0.3 is 20.9 Å². The molecule has 2 heterocycles. The van der Waals surface area contributed by atoms with Crippen LogP contribution in [0, 0.1) is 5.82 Å². The highest BCUT2D eigenvalue weighted by molar-refractivity contribution is 6.18. The van der Waals surface area contributed by atoms with Gasteiger partial charge in [0.25, 0.3) is 0 Å². The molecule has 1 aliphatic carbocycles. The first kappa shape index (κ1) is 22.5. The van der Waals surface area contributed by atoms with Crippen LogP contribution in [0.4, 0.5) is 20.7 Å². The summed E-state index contributed by atoms with van der Waals surface area (Å²) >= 11 is 0. The first-order valence-electron chi connectivity index (χ1n) is 11.5. The molecule has 2 amide bonds. The summed E-state index contributed by atoms with van der Waals surface area (Å²) in [4.78, 5) is 34.4. The number of halogens is 1. The normalized spacial score (nSPS) is 13.7. The van der Waals surface area contributed by atoms with E-state index in [1.54, 1.807) is 36.4 Å². The van der Waals surface area contributed by atoms with Crippen LogP contribution < -0.4 is 16.4 Å². The minimum atomic E-state index is -0.464. The predicted molar refractivity (Wildman–Crippen MR) is 132 cm³/mol. The molecular weight excluding hydrogens is 447 g/mol. The number of carbonyl (C=O) groups excluding carboxylic acids is 2. The summed E-state index contributed by atoms with van der Waals surface area (Å²) in [5.41, 5.74) is 8.77. The lowest BCUT2D eigenvalue weighted by atomic mass is 10.0. The Morgan fingerprint density at radius 1 is 1.09 bits per heavy atom. The average molecular weight is 473 g/mol. The summed E-state index contributed by atoms with van der Waals surface area (Å²) in [5.74, 6) is -0.325. The highest BCUT2D eigenvalue weighted by Crippen LogP contribution is 2.35. The first-order valence-corrected chi connectivity index (χ1v) is 11.5. The van der Waals surface area contributed by atoms with Gasteiger partial charge in [-0.3, -0.25) is 4.79 Å². The van der Waals surface area contributed by atoms with E-state index in [9.17, 15) is 14.0 Å². The van der Waals surface area contributed by atoms with Crippen molar-refractivity contribution >= 4 is 34.4 Å². The molecule has 1 aliphatic rings. The van der Waals surface area contributed by atoms with E-state index in [4.69, 9.17) is 5.73 Å². The van der Waals surface area contributed by atoms with E-state index < -0.39 is 6.03 Å². The van der Waals surface area contributed by atoms with Crippen LogP contribution in [0.3, 0.4) is 0 Å². The third kappa shape index (κ3) is 4.70. The van der Waals surface area contributed by atoms with Crippen LogP contribution in [0.15, 0.2) is 61.1 Å². The number of nitrogens with two attached hydrogens (primary N) is 1. The molecule has 8 nitrogen and oxygen atoms in total. The summed E-state index contributed by atoms with van der Waals surface area (Å²) in [6.45, 7) is 0.169. The lowest BCUT2D eigenvalue weighted by Crippen LogP contribution is -2.28. The molecule has 5 rings (SSSR count). The molecule has 178 valence electrons. The van der Waals surface area contributed by atoms with E-state index in [2.05, 4.69) is 25.2 Å². The van der Waals surface area contributed by atoms with Gasteiger partial charge in [0.15, 0.2) is 5.78 Å². The van der Waals surface area contributed by atoms with E-state index in [0.29, 0.717) is 33.4 Å². The fourth-order valence-electron chi connectivity index (χ4n) is 4.64. The minimum absolute atomic E-state index is 0.169. The highest BCUT2D eigenvalue weighted by Gasteiger charge is 2.25. The fraction of sp³-hybridized carbons (Fsp3) is 0.231. The van der Waals surface area contributed by atoms with E-state index in [-0.39, 0.29) is 30.0 Å². The molecule has 4 N–H and O–H groups in total. The van der Waals surface area contributed by atoms with Crippen LogP contribution in [0.25, 0.3) is 11.0 Å². The van der Waals surface area contributed by atoms with Crippen LogP contribution >= 0.6 is 0 Å². The number of nitrogens with zero attached hydrogens (tertiary/aromatic N) is 3. The summed E-state index contributed by atoms with van der Waals surface area (Å²) < 4.78 is 15.4. The Hall–Kier alpha value is -4.27. The standard InChI is InChI=1S/C26H25FN6O2/c27-18-7-3-5-16(11-18)13-29-26(35)32-19-8-4-6-17(12-19)23(34)21-14-33(20-9-1-2-10-20)25-22(21)24(28)30-15-31-25/h3-8,11-12,14-15,20H,1-2,9-10,13H2,(H2,28,30,31)(H2,29,32,35). The van der Waals surface area contributed by atoms with Gasteiger partial charge in [0.1, 0.15) is 23.6 Å². The smallest absolute Gasteiger partial charge is 0.319 e. The van der Waals surface area contributed by atoms with Gasteiger partial charge in [-0.05, 0) is 42.7 Å². The maximum absolute atomic E-state index is 13.5. The van der Waals surface area contributed by atoms with Crippen LogP contribution in [0.2, 0.25) is 0 Å². The Balaban J connectivity index is 1.37. The first-order chi connectivity index (χ1) is 17.0. The molecule has 0 unspecified atom stereocenters. The SMILES string of the molecule is Nc1ncnc2c1c(C(=O)c1cccc(NC(=O)NCc3cccc(F)c3)c1)cn2C1CCCC1. The molecule has 0 saturated heterocycles. The third-order valence-corrected chi connectivity index (χ3v) is 6.33. The van der Waals surface area contributed by atoms with Crippen LogP contribution in [-0.2, 0) is 6.54 Å². The predicted octanol–water partition coefficient (Wildman–Crippen LogP) is 4.82. The highest BCUT2D eigenvalue weighted by atomic mass is 19.1. The molecule has 0 radical (unpaired) electrons. The second-order valence-corrected chi connectivity index (χ2v) is 8.69. The zero-order chi connectivity index (χ0) is 24.4. The molecule has 0 spiro atoms. The maximum atomic E-state index is 13.5. The number of anilines is 2. The molecule has 9 heteroatoms. The Bertz CT molecular complexity index is 1410. The summed E-state index contributed by atoms with van der Waals surface area (Å²) in [7, 11) is 0. The van der Waals surface area contributed by atoms with Crippen molar-refractivity contribution in [2.75, 3.05) is 11.1 Å². The third-order valence-electron chi connectivity index (χ3n) is 6.33. The molecule has 1 fully saturated rings. The Labute approximate surface area is 201 Å². The van der Waals surface area contributed by atoms with Gasteiger partial charge in [0, 0.05) is 30.0 Å². The Morgan fingerprint density at radius 3 is 2.69 bits per heavy atom. The molecule has 0 bridgehead atoms. The minimum Gasteiger partial charge on any atom is -0.383 e. The van der Waals surface area contributed by atoms with Crippen LogP contribution in [-0.4, -0.2) is 26.3 Å². The van der Waals surface area contributed by atoms with Crippen molar-refractivity contribution in [3.8, 4) is 0 Å². The number of urea groups is 1. The fourth-order valence-corrected chi connectivity index (χ4v) is 4.64. The summed E-state index contributed by atoms with van der Waals surface area (Å²) in [5, 5.41) is 5.96. The summed E-state index contributed by atoms with van der Waals surface area (Å²) in [6, 6.07) is 12.5. The molecule has 2 aromatic carbocycles. The van der Waals surface area contributed by atoms with Crippen molar-refractivity contribution in [3.63, 3.8) is 0 Å². The maximum Gasteiger partial charge on any atom is 0.319 e. The van der Waals surface area contributed by atoms with Gasteiger partial charge >= 0.3 is 6.03 Å². The van der Waals surface area contributed by atoms with Gasteiger partial charge in [0.05, 0.1) is 10.9 Å². The van der Waals surface area contributed by atoms with Crippen molar-refractivity contribution in [2.45, 2.75) is 38.3 Å². The van der Waals surface area contributed by atoms with Crippen molar-refractivity contribution in [1.82, 2.24) is 19.9 Å². The molecule has 0 aliphatic heterocycles. The van der Waals surface area contributed by atoms with Crippen molar-refractivity contribution in [3.05, 3.63) is 83.6 Å². The zero-order valence-electron chi connectivity index (χ0n) is 19.0. The van der Waals surface area contributed by atoms with Gasteiger partial charge in [-0.15, -0.1) is 0 Å². The topological polar surface area (TPSA) is 115 Å². The second kappa shape index (κ2) is 9.54. The zero-order valence-corrected chi connectivity index (χ0v) is 19.0. The number of hydrogen-bond donors (Lipinski definition) is 3. The van der Waals surface area contributed by atoms with Gasteiger partial charge in [-0.2, -0.15) is 0 Å². The monoisotopic (exact) mass is 472 g/mol. The van der Waals surface area contributed by atoms with Crippen LogP contribution in [0.5, 0.6) is 0 Å². The number of ketones is 1. The van der Waals surface area contributed by atoms with Gasteiger partial charge in [-0.1, -0.05) is 37.1 Å². The molecular formula is C26H25FN6O2. The number of aromatic nitrogens is 3. The molecule has 35 heavy (non-hydrogen) atoms. The number of carbonyl (C=O) groups is 2. The second-order valence-electron chi connectivity index (χ2n) is 8.69. The van der Waals surface area contributed by atoms with E-state index in [1.807, 2.05) is 6.20 Å². The van der Waals surface area contributed by atoms with Crippen molar-refractivity contribution in [1.29, 1.82) is 0 Å². The number of hydrogen-bond acceptors (Lipinski definition) is 5. The number of fused-ring (bicyclic) bond motifs is 1. The van der Waals surface area contributed by atoms with Gasteiger partial charge in [-0.25, -0.2) is 19.2 Å². The summed E-state index contributed by atoms with van der Waals surface area (Å²) in [6.07, 6.45) is 7.60. The molecule has 1 saturated carbocycles. The number of amides is 2. The molecule has 2 aromatic heterocycles. The van der Waals surface area contributed by atoms with Gasteiger partial charge in [0.2, 0.25) is 0 Å². The molecule has 4 aromatic rings. The molecule has 0 atom stereocenters. The van der Waals surface area contributed by atoms with E-state index in [1.165, 1.54) is 18.5 Å². The van der Waals surface area contributed by atoms with Crippen molar-refractivity contribution in [2.24, 2.45) is 0 Å². The van der Waals surface area contributed by atoms with E-state index >= 15 is 0 Å². The number of benzene rings is 2. The quantitative estimate of drug-likeness (QED) is 0.348. The average Bonchev–Trinajstić information content (AvgIpc) is 3.51. The number of rotatable bonds is 6. The van der Waals surface area contributed by atoms with Crippen LogP contribution in [0.1, 0.15) is 53.2 Å². The van der Waals surface area contributed by atoms with Crippen molar-refractivity contribution < 1.29 is 14.0 Å².